The van der Waals surface area contributed by atoms with Crippen LogP contribution in [-0.4, -0.2) is 52.5 Å². The van der Waals surface area contributed by atoms with E-state index in [0.717, 1.165) is 11.0 Å². The highest BCUT2D eigenvalue weighted by Crippen LogP contribution is 2.30. The van der Waals surface area contributed by atoms with Crippen LogP contribution < -0.4 is 4.74 Å². The van der Waals surface area contributed by atoms with E-state index in [1.807, 2.05) is 0 Å². The summed E-state index contributed by atoms with van der Waals surface area (Å²) in [5.74, 6) is -3.54. The Balaban J connectivity index is 1.27. The van der Waals surface area contributed by atoms with Crippen molar-refractivity contribution >= 4 is 35.2 Å². The molecular weight excluding hydrogens is 476 g/mol. The van der Waals surface area contributed by atoms with Crippen LogP contribution in [0.2, 0.25) is 0 Å². The number of fused-ring (bicyclic) bond motifs is 1. The number of hydrogen-bond acceptors (Lipinski definition) is 10. The predicted molar refractivity (Wildman–Crippen MR) is 118 cm³/mol. The molecule has 2 aromatic carbocycles. The van der Waals surface area contributed by atoms with Crippen molar-refractivity contribution < 1.29 is 42.8 Å². The van der Waals surface area contributed by atoms with Crippen molar-refractivity contribution in [3.63, 3.8) is 0 Å². The van der Waals surface area contributed by atoms with Gasteiger partial charge in [0.25, 0.3) is 17.5 Å². The van der Waals surface area contributed by atoms with Crippen molar-refractivity contribution in [1.29, 1.82) is 0 Å². The van der Waals surface area contributed by atoms with Crippen LogP contribution in [0.5, 0.6) is 5.75 Å². The molecule has 0 radical (unpaired) electrons. The number of rotatable bonds is 9. The summed E-state index contributed by atoms with van der Waals surface area (Å²) in [4.78, 5) is 72.3. The number of nitrogens with zero attached hydrogens (tertiary/aromatic N) is 2. The van der Waals surface area contributed by atoms with Gasteiger partial charge < -0.3 is 13.9 Å². The van der Waals surface area contributed by atoms with Gasteiger partial charge in [0.15, 0.2) is 12.4 Å². The van der Waals surface area contributed by atoms with Gasteiger partial charge in [0.2, 0.25) is 5.76 Å². The first-order chi connectivity index (χ1) is 17.3. The maximum Gasteiger partial charge on any atom is 0.379 e. The average molecular weight is 492 g/mol. The van der Waals surface area contributed by atoms with Crippen molar-refractivity contribution in [2.45, 2.75) is 6.42 Å². The Morgan fingerprint density at radius 3 is 2.39 bits per heavy atom. The van der Waals surface area contributed by atoms with Crippen LogP contribution in [0.1, 0.15) is 48.0 Å². The Morgan fingerprint density at radius 2 is 1.72 bits per heavy atom. The molecule has 3 aromatic rings. The lowest BCUT2D eigenvalue weighted by Gasteiger charge is -2.13. The van der Waals surface area contributed by atoms with Crippen molar-refractivity contribution in [3.05, 3.63) is 93.4 Å². The number of benzene rings is 2. The monoisotopic (exact) mass is 492 g/mol. The van der Waals surface area contributed by atoms with E-state index in [-0.39, 0.29) is 34.7 Å². The van der Waals surface area contributed by atoms with Gasteiger partial charge >= 0.3 is 11.9 Å². The molecular formula is C24H16N2O10. The normalized spacial score (nSPS) is 12.3. The second kappa shape index (κ2) is 10.0. The molecule has 2 heterocycles. The molecule has 0 bridgehead atoms. The van der Waals surface area contributed by atoms with Crippen LogP contribution in [0, 0.1) is 10.1 Å². The number of nitro groups is 1. The number of imide groups is 1. The number of amides is 2. The largest absolute Gasteiger partial charge is 0.457 e. The Kier molecular flexibility index (Phi) is 6.68. The predicted octanol–water partition coefficient (Wildman–Crippen LogP) is 2.82. The Hall–Kier alpha value is -5.13. The van der Waals surface area contributed by atoms with Gasteiger partial charge in [0, 0.05) is 18.2 Å². The molecule has 12 nitrogen and oxygen atoms in total. The molecule has 4 rings (SSSR count). The molecule has 0 saturated carbocycles. The van der Waals surface area contributed by atoms with Gasteiger partial charge in [-0.05, 0) is 42.5 Å². The Bertz CT molecular complexity index is 1380. The molecule has 0 N–H and O–H groups in total. The van der Waals surface area contributed by atoms with Crippen LogP contribution in [0.4, 0.5) is 5.69 Å². The number of ketones is 1. The van der Waals surface area contributed by atoms with Gasteiger partial charge in [-0.2, -0.15) is 0 Å². The van der Waals surface area contributed by atoms with E-state index < -0.39 is 53.2 Å². The summed E-state index contributed by atoms with van der Waals surface area (Å²) in [6, 6.07) is 12.2. The molecule has 2 amide bonds. The molecule has 182 valence electrons. The third-order valence-corrected chi connectivity index (χ3v) is 5.19. The molecule has 0 unspecified atom stereocenters. The summed E-state index contributed by atoms with van der Waals surface area (Å²) in [6.07, 6.45) is 0.916. The average Bonchev–Trinajstić information content (AvgIpc) is 3.49. The molecule has 12 heteroatoms. The lowest BCUT2D eigenvalue weighted by Crippen LogP contribution is -2.32. The van der Waals surface area contributed by atoms with Crippen LogP contribution in [0.3, 0.4) is 0 Å². The second-order valence-electron chi connectivity index (χ2n) is 7.44. The van der Waals surface area contributed by atoms with Gasteiger partial charge in [-0.3, -0.25) is 34.2 Å². The quantitative estimate of drug-likeness (QED) is 0.108. The molecule has 1 aromatic heterocycles. The van der Waals surface area contributed by atoms with Crippen LogP contribution in [0.15, 0.2) is 65.3 Å². The zero-order valence-electron chi connectivity index (χ0n) is 18.4. The van der Waals surface area contributed by atoms with Gasteiger partial charge in [0.1, 0.15) is 11.3 Å². The summed E-state index contributed by atoms with van der Waals surface area (Å²) < 4.78 is 15.0. The number of esters is 2. The molecule has 0 atom stereocenters. The first kappa shape index (κ1) is 24.0. The van der Waals surface area contributed by atoms with Gasteiger partial charge in [-0.1, -0.05) is 6.07 Å². The fraction of sp³-hybridized carbons (Fsp3) is 0.125. The minimum absolute atomic E-state index is 0.0153. The highest BCUT2D eigenvalue weighted by molar-refractivity contribution is 6.23. The number of carbonyl (C=O) groups is 5. The number of nitro benzene ring substituents is 1. The maximum atomic E-state index is 12.5. The van der Waals surface area contributed by atoms with E-state index in [0.29, 0.717) is 0 Å². The minimum Gasteiger partial charge on any atom is -0.457 e. The van der Waals surface area contributed by atoms with Crippen molar-refractivity contribution in [1.82, 2.24) is 4.90 Å². The second-order valence-corrected chi connectivity index (χ2v) is 7.44. The highest BCUT2D eigenvalue weighted by Gasteiger charge is 2.40. The summed E-state index contributed by atoms with van der Waals surface area (Å²) in [5.41, 5.74) is -0.748. The van der Waals surface area contributed by atoms with E-state index in [4.69, 9.17) is 13.9 Å². The summed E-state index contributed by atoms with van der Waals surface area (Å²) in [7, 11) is 0. The van der Waals surface area contributed by atoms with E-state index in [2.05, 4.69) is 0 Å². The van der Waals surface area contributed by atoms with Crippen LogP contribution >= 0.6 is 0 Å². The molecule has 0 aliphatic carbocycles. The Labute approximate surface area is 202 Å². The highest BCUT2D eigenvalue weighted by atomic mass is 16.6. The molecule has 0 saturated heterocycles. The van der Waals surface area contributed by atoms with E-state index in [9.17, 15) is 34.1 Å². The number of furan rings is 1. The number of Topliss-reactive ketones (excluding diaryl/α,β-unsaturated/α-hetero) is 1. The van der Waals surface area contributed by atoms with E-state index in [1.165, 1.54) is 54.8 Å². The summed E-state index contributed by atoms with van der Waals surface area (Å²) >= 11 is 0. The van der Waals surface area contributed by atoms with E-state index in [1.54, 1.807) is 0 Å². The first-order valence-electron chi connectivity index (χ1n) is 10.4. The molecule has 1 aliphatic heterocycles. The topological polar surface area (TPSA) is 163 Å². The van der Waals surface area contributed by atoms with Crippen molar-refractivity contribution in [2.75, 3.05) is 13.2 Å². The number of hydrogen-bond donors (Lipinski definition) is 0. The van der Waals surface area contributed by atoms with Gasteiger partial charge in [-0.15, -0.1) is 0 Å². The Morgan fingerprint density at radius 1 is 0.972 bits per heavy atom. The fourth-order valence-corrected chi connectivity index (χ4v) is 3.44. The smallest absolute Gasteiger partial charge is 0.379 e. The third-order valence-electron chi connectivity index (χ3n) is 5.19. The summed E-state index contributed by atoms with van der Waals surface area (Å²) in [5, 5.41) is 11.2. The molecule has 36 heavy (non-hydrogen) atoms. The number of carbonyl (C=O) groups excluding carboxylic acids is 5. The zero-order valence-corrected chi connectivity index (χ0v) is 18.4. The lowest BCUT2D eigenvalue weighted by molar-refractivity contribution is -0.385. The summed E-state index contributed by atoms with van der Waals surface area (Å²) in [6.45, 7) is -0.968. The standard InChI is InChI=1S/C24H16N2O10/c27-18(14-6-8-15(9-7-14)36-24(31)19-5-2-12-34-19)13-35-20(28)10-11-25-22(29)16-3-1-4-17(26(32)33)21(16)23(25)30/h1-9,12H,10-11,13H2. The number of ether oxygens (including phenoxy) is 2. The molecule has 0 fully saturated rings. The van der Waals surface area contributed by atoms with Crippen LogP contribution in [0.25, 0.3) is 0 Å². The zero-order chi connectivity index (χ0) is 25.8. The first-order valence-corrected chi connectivity index (χ1v) is 10.4. The minimum atomic E-state index is -0.876. The van der Waals surface area contributed by atoms with Gasteiger partial charge in [0.05, 0.1) is 23.2 Å². The van der Waals surface area contributed by atoms with Crippen molar-refractivity contribution in [2.24, 2.45) is 0 Å². The van der Waals surface area contributed by atoms with Gasteiger partial charge in [-0.25, -0.2) is 4.79 Å². The maximum absolute atomic E-state index is 12.5. The van der Waals surface area contributed by atoms with Crippen LogP contribution in [-0.2, 0) is 9.53 Å². The molecule has 0 spiro atoms. The molecule has 1 aliphatic rings. The fourth-order valence-electron chi connectivity index (χ4n) is 3.44. The third kappa shape index (κ3) is 4.87. The van der Waals surface area contributed by atoms with E-state index >= 15 is 0 Å². The lowest BCUT2D eigenvalue weighted by atomic mass is 10.1. The van der Waals surface area contributed by atoms with Crippen molar-refractivity contribution in [3.8, 4) is 5.75 Å². The SMILES string of the molecule is O=C(CCN1C(=O)c2cccc([N+](=O)[O-])c2C1=O)OCC(=O)c1ccc(OC(=O)c2ccco2)cc1.